The number of halogens is 5. The van der Waals surface area contributed by atoms with Gasteiger partial charge in [-0.3, -0.25) is 0 Å². The van der Waals surface area contributed by atoms with Crippen LogP contribution in [0.15, 0.2) is 316 Å². The highest BCUT2D eigenvalue weighted by Gasteiger charge is 2.48. The third-order valence-corrected chi connectivity index (χ3v) is 21.1. The highest BCUT2D eigenvalue weighted by Crippen LogP contribution is 2.60. The molecule has 0 spiro atoms. The number of fused-ring (bicyclic) bond motifs is 9. The van der Waals surface area contributed by atoms with E-state index in [2.05, 4.69) is 127 Å². The highest BCUT2D eigenvalue weighted by atomic mass is 32.1. The van der Waals surface area contributed by atoms with Gasteiger partial charge in [-0.2, -0.15) is 0 Å². The SMILES string of the molecule is C=Cc1ccc(Oc2ccc(C3(c4ccc(F)cc4)c4ccccc4-c4ccc(N(c5ccc(F)c(C)c5)c5ccc6sc7ccc(N(c8ccc(F)c(F)c8)c8ccc9c(c8)C(c8ccc(F)cc8)(c8ccc(Oc%10ccc(C=C)cc%10)cc8)c8ccccc8-9)cc7c6c5)cc43)cc2)cc1. The van der Waals surface area contributed by atoms with Crippen LogP contribution in [0.5, 0.6) is 23.0 Å². The standard InChI is InChI=1S/C91H59F5N2O2S/c1-4-57-14-36-71(37-15-57)99-73-40-22-61(23-41-73)90(59-18-26-63(92)27-19-59)81-12-8-6-10-75(81)77-44-30-68(53-83(77)90)97(65-32-46-85(94)56(3)50-65)66-34-48-88-79(51-66)80-52-67(35-49-89(80)101-88)98(70-33-47-86(95)87(96)55-70)69-31-45-78-76-11-7-9-13-82(76)91(84(78)54-69,60-20-28-64(93)29-21-60)62-24-42-74(43-25-62)100-72-38-16-58(5-2)17-39-72/h4-55H,1-2H2,3H3. The summed E-state index contributed by atoms with van der Waals surface area (Å²) in [4.78, 5) is 4.10. The van der Waals surface area contributed by atoms with Crippen LogP contribution < -0.4 is 19.3 Å². The second-order valence-electron chi connectivity index (χ2n) is 25.5. The minimum absolute atomic E-state index is 0.340. The molecule has 14 aromatic carbocycles. The summed E-state index contributed by atoms with van der Waals surface area (Å²) in [6, 6.07) is 95.9. The van der Waals surface area contributed by atoms with Gasteiger partial charge in [-0.1, -0.05) is 159 Å². The van der Waals surface area contributed by atoms with Gasteiger partial charge in [0.05, 0.1) is 10.8 Å². The summed E-state index contributed by atoms with van der Waals surface area (Å²) < 4.78 is 92.1. The highest BCUT2D eigenvalue weighted by molar-refractivity contribution is 7.25. The Labute approximate surface area is 585 Å². The van der Waals surface area contributed by atoms with Gasteiger partial charge in [-0.05, 0) is 254 Å². The molecule has 1 heterocycles. The average Bonchev–Trinajstić information content (AvgIpc) is 1.55. The Morgan fingerprint density at radius 1 is 0.317 bits per heavy atom. The first kappa shape index (κ1) is 62.2. The average molecular weight is 1340 g/mol. The summed E-state index contributed by atoms with van der Waals surface area (Å²) in [5.41, 5.74) is 15.8. The molecule has 17 rings (SSSR count). The molecule has 2 aliphatic carbocycles. The van der Waals surface area contributed by atoms with Gasteiger partial charge in [0.2, 0.25) is 0 Å². The molecule has 1 aromatic heterocycles. The van der Waals surface area contributed by atoms with Crippen molar-refractivity contribution in [1.29, 1.82) is 0 Å². The van der Waals surface area contributed by atoms with Crippen LogP contribution in [-0.4, -0.2) is 0 Å². The topological polar surface area (TPSA) is 24.9 Å². The predicted molar refractivity (Wildman–Crippen MR) is 401 cm³/mol. The fourth-order valence-electron chi connectivity index (χ4n) is 15.3. The summed E-state index contributed by atoms with van der Waals surface area (Å²) in [7, 11) is 0. The molecule has 10 heteroatoms. The fourth-order valence-corrected chi connectivity index (χ4v) is 16.3. The quantitative estimate of drug-likeness (QED) is 0.0900. The molecule has 0 aliphatic heterocycles. The molecule has 0 fully saturated rings. The number of hydrogen-bond donors (Lipinski definition) is 0. The second-order valence-corrected chi connectivity index (χ2v) is 26.6. The first-order chi connectivity index (χ1) is 49.3. The van der Waals surface area contributed by atoms with Crippen LogP contribution >= 0.6 is 11.3 Å². The van der Waals surface area contributed by atoms with E-state index in [1.54, 1.807) is 42.5 Å². The lowest BCUT2D eigenvalue weighted by Gasteiger charge is -2.35. The molecule has 0 amide bonds. The van der Waals surface area contributed by atoms with E-state index in [0.717, 1.165) is 116 Å². The zero-order chi connectivity index (χ0) is 68.7. The molecule has 2 unspecified atom stereocenters. The number of benzene rings is 14. The third-order valence-electron chi connectivity index (χ3n) is 19.9. The van der Waals surface area contributed by atoms with Crippen molar-refractivity contribution in [2.45, 2.75) is 17.8 Å². The Kier molecular flexibility index (Phi) is 15.3. The van der Waals surface area contributed by atoms with Gasteiger partial charge in [0.25, 0.3) is 0 Å². The molecule has 15 aromatic rings. The molecule has 4 nitrogen and oxygen atoms in total. The van der Waals surface area contributed by atoms with E-state index in [9.17, 15) is 0 Å². The molecule has 0 bridgehead atoms. The van der Waals surface area contributed by atoms with Crippen LogP contribution in [0.3, 0.4) is 0 Å². The van der Waals surface area contributed by atoms with Crippen molar-refractivity contribution in [3.63, 3.8) is 0 Å². The zero-order valence-corrected chi connectivity index (χ0v) is 55.3. The minimum atomic E-state index is -1.01. The number of anilines is 6. The summed E-state index contributed by atoms with van der Waals surface area (Å²) in [5, 5.41) is 1.83. The van der Waals surface area contributed by atoms with Crippen molar-refractivity contribution in [3.05, 3.63) is 407 Å². The molecule has 2 aliphatic rings. The van der Waals surface area contributed by atoms with Crippen LogP contribution in [0.25, 0.3) is 54.6 Å². The van der Waals surface area contributed by atoms with E-state index in [-0.39, 0.29) is 17.5 Å². The lowest BCUT2D eigenvalue weighted by molar-refractivity contribution is 0.482. The number of aryl methyl sites for hydroxylation is 1. The lowest BCUT2D eigenvalue weighted by Crippen LogP contribution is -2.29. The monoisotopic (exact) mass is 1340 g/mol. The van der Waals surface area contributed by atoms with Crippen LogP contribution in [0.1, 0.15) is 61.2 Å². The predicted octanol–water partition coefficient (Wildman–Crippen LogP) is 25.6. The number of hydrogen-bond acceptors (Lipinski definition) is 5. The smallest absolute Gasteiger partial charge is 0.160 e. The van der Waals surface area contributed by atoms with Gasteiger partial charge in [0.1, 0.15) is 40.4 Å². The van der Waals surface area contributed by atoms with Gasteiger partial charge < -0.3 is 19.3 Å². The van der Waals surface area contributed by atoms with E-state index >= 15 is 22.0 Å². The fraction of sp³-hybridized carbons (Fsp3) is 0.0330. The van der Waals surface area contributed by atoms with E-state index in [1.165, 1.54) is 36.4 Å². The summed E-state index contributed by atoms with van der Waals surface area (Å²) >= 11 is 1.64. The minimum Gasteiger partial charge on any atom is -0.457 e. The summed E-state index contributed by atoms with van der Waals surface area (Å²) in [6.07, 6.45) is 3.57. The summed E-state index contributed by atoms with van der Waals surface area (Å²) in [6.45, 7) is 9.54. The van der Waals surface area contributed by atoms with Crippen molar-refractivity contribution in [1.82, 2.24) is 0 Å². The van der Waals surface area contributed by atoms with E-state index in [0.29, 0.717) is 51.3 Å². The third kappa shape index (κ3) is 10.5. The maximum atomic E-state index is 16.0. The number of rotatable bonds is 16. The van der Waals surface area contributed by atoms with E-state index in [1.807, 2.05) is 144 Å². The van der Waals surface area contributed by atoms with Crippen molar-refractivity contribution < 1.29 is 31.4 Å². The van der Waals surface area contributed by atoms with Gasteiger partial charge in [0.15, 0.2) is 11.6 Å². The molecular formula is C91H59F5N2O2S. The van der Waals surface area contributed by atoms with Crippen LogP contribution in [0.2, 0.25) is 0 Å². The largest absolute Gasteiger partial charge is 0.457 e. The van der Waals surface area contributed by atoms with Crippen molar-refractivity contribution >= 4 is 77.8 Å². The molecule has 0 radical (unpaired) electrons. The van der Waals surface area contributed by atoms with E-state index < -0.39 is 22.5 Å². The Hall–Kier alpha value is -12.4. The van der Waals surface area contributed by atoms with Crippen LogP contribution in [0.4, 0.5) is 56.1 Å². The normalized spacial score (nSPS) is 14.8. The second kappa shape index (κ2) is 24.9. The van der Waals surface area contributed by atoms with Gasteiger partial charge in [0, 0.05) is 60.4 Å². The first-order valence-corrected chi connectivity index (χ1v) is 34.0. The molecule has 486 valence electrons. The molecule has 101 heavy (non-hydrogen) atoms. The van der Waals surface area contributed by atoms with E-state index in [4.69, 9.17) is 9.47 Å². The van der Waals surface area contributed by atoms with Gasteiger partial charge >= 0.3 is 0 Å². The maximum absolute atomic E-state index is 16.0. The summed E-state index contributed by atoms with van der Waals surface area (Å²) in [5.74, 6) is -0.457. The number of nitrogens with zero attached hydrogens (tertiary/aromatic N) is 2. The molecule has 2 atom stereocenters. The Morgan fingerprint density at radius 2 is 0.653 bits per heavy atom. The van der Waals surface area contributed by atoms with Crippen LogP contribution in [-0.2, 0) is 10.8 Å². The Balaban J connectivity index is 0.816. The maximum Gasteiger partial charge on any atom is 0.160 e. The van der Waals surface area contributed by atoms with Crippen LogP contribution in [0, 0.1) is 36.0 Å². The molecule has 0 saturated heterocycles. The molecule has 0 saturated carbocycles. The lowest BCUT2D eigenvalue weighted by atomic mass is 9.67. The van der Waals surface area contributed by atoms with Gasteiger partial charge in [-0.15, -0.1) is 11.3 Å². The van der Waals surface area contributed by atoms with Crippen molar-refractivity contribution in [3.8, 4) is 45.3 Å². The first-order valence-electron chi connectivity index (χ1n) is 33.2. The Morgan fingerprint density at radius 3 is 1.06 bits per heavy atom. The molecule has 0 N–H and O–H groups in total. The number of thiophene rings is 1. The van der Waals surface area contributed by atoms with Crippen molar-refractivity contribution in [2.24, 2.45) is 0 Å². The zero-order valence-electron chi connectivity index (χ0n) is 54.4. The number of ether oxygens (including phenoxy) is 2. The molecular weight excluding hydrogens is 1280 g/mol. The van der Waals surface area contributed by atoms with Crippen molar-refractivity contribution in [2.75, 3.05) is 9.80 Å². The Bertz CT molecular complexity index is 5420. The van der Waals surface area contributed by atoms with Gasteiger partial charge in [-0.25, -0.2) is 22.0 Å².